The Balaban J connectivity index is 1.85. The zero-order valence-electron chi connectivity index (χ0n) is 13.8. The minimum Gasteiger partial charge on any atom is -0.497 e. The molecule has 0 unspecified atom stereocenters. The van der Waals surface area contributed by atoms with Crippen LogP contribution in [0, 0.1) is 0 Å². The molecular formula is C16H24N4O3. The summed E-state index contributed by atoms with van der Waals surface area (Å²) in [7, 11) is 5.49. The van der Waals surface area contributed by atoms with E-state index in [1.807, 2.05) is 43.3 Å². The highest BCUT2D eigenvalue weighted by atomic mass is 16.5. The molecule has 1 saturated heterocycles. The zero-order valence-corrected chi connectivity index (χ0v) is 13.8. The fraction of sp³-hybridized carbons (Fsp3) is 0.500. The maximum atomic E-state index is 12.1. The van der Waals surface area contributed by atoms with Gasteiger partial charge < -0.3 is 25.2 Å². The molecule has 0 aliphatic carbocycles. The van der Waals surface area contributed by atoms with Gasteiger partial charge in [0.25, 0.3) is 0 Å². The average molecular weight is 320 g/mol. The molecule has 1 aliphatic heterocycles. The van der Waals surface area contributed by atoms with Crippen LogP contribution in [-0.4, -0.2) is 63.7 Å². The van der Waals surface area contributed by atoms with Crippen molar-refractivity contribution in [1.82, 2.24) is 15.5 Å². The van der Waals surface area contributed by atoms with Gasteiger partial charge in [0.1, 0.15) is 5.75 Å². The maximum absolute atomic E-state index is 12.1. The Hall–Kier alpha value is -2.28. The Morgan fingerprint density at radius 2 is 2.04 bits per heavy atom. The summed E-state index contributed by atoms with van der Waals surface area (Å²) in [5, 5.41) is 5.64. The third-order valence-electron chi connectivity index (χ3n) is 3.69. The normalized spacial score (nSPS) is 17.5. The molecule has 1 aromatic rings. The molecule has 2 rings (SSSR count). The van der Waals surface area contributed by atoms with Gasteiger partial charge in [-0.3, -0.25) is 4.79 Å². The van der Waals surface area contributed by atoms with Crippen LogP contribution in [0.5, 0.6) is 5.75 Å². The third kappa shape index (κ3) is 4.85. The van der Waals surface area contributed by atoms with Crippen molar-refractivity contribution in [3.8, 4) is 5.75 Å². The lowest BCUT2D eigenvalue weighted by molar-refractivity contribution is -0.117. The van der Waals surface area contributed by atoms with E-state index in [4.69, 9.17) is 4.74 Å². The number of carbonyl (C=O) groups excluding carboxylic acids is 2. The monoisotopic (exact) mass is 320 g/mol. The van der Waals surface area contributed by atoms with E-state index in [0.717, 1.165) is 18.0 Å². The molecule has 23 heavy (non-hydrogen) atoms. The van der Waals surface area contributed by atoms with Gasteiger partial charge in [-0.2, -0.15) is 0 Å². The summed E-state index contributed by atoms with van der Waals surface area (Å²) in [5.41, 5.74) is 0.813. The fourth-order valence-electron chi connectivity index (χ4n) is 2.45. The highest BCUT2D eigenvalue weighted by Gasteiger charge is 2.31. The number of carbonyl (C=O) groups is 2. The van der Waals surface area contributed by atoms with Crippen molar-refractivity contribution in [2.24, 2.45) is 0 Å². The number of ether oxygens (including phenoxy) is 1. The lowest BCUT2D eigenvalue weighted by Crippen LogP contribution is -2.45. The van der Waals surface area contributed by atoms with Gasteiger partial charge in [-0.1, -0.05) is 0 Å². The van der Waals surface area contributed by atoms with E-state index in [-0.39, 0.29) is 18.0 Å². The summed E-state index contributed by atoms with van der Waals surface area (Å²) >= 11 is 0. The largest absolute Gasteiger partial charge is 0.497 e. The van der Waals surface area contributed by atoms with Crippen LogP contribution >= 0.6 is 0 Å². The minimum atomic E-state index is -0.235. The lowest BCUT2D eigenvalue weighted by Gasteiger charge is -2.18. The third-order valence-corrected chi connectivity index (χ3v) is 3.69. The first-order chi connectivity index (χ1) is 11.0. The molecule has 126 valence electrons. The molecule has 1 aliphatic rings. The summed E-state index contributed by atoms with van der Waals surface area (Å²) in [5.74, 6) is 0.754. The number of benzene rings is 1. The second-order valence-electron chi connectivity index (χ2n) is 5.81. The van der Waals surface area contributed by atoms with Crippen molar-refractivity contribution in [2.75, 3.05) is 45.7 Å². The molecular weight excluding hydrogens is 296 g/mol. The molecule has 2 N–H and O–H groups in total. The van der Waals surface area contributed by atoms with Crippen LogP contribution in [0.1, 0.15) is 6.42 Å². The van der Waals surface area contributed by atoms with Crippen molar-refractivity contribution in [2.45, 2.75) is 12.5 Å². The number of amides is 3. The van der Waals surface area contributed by atoms with Crippen molar-refractivity contribution >= 4 is 17.6 Å². The summed E-state index contributed by atoms with van der Waals surface area (Å²) in [6.45, 7) is 1.82. The van der Waals surface area contributed by atoms with E-state index < -0.39 is 0 Å². The molecule has 0 spiro atoms. The van der Waals surface area contributed by atoms with Crippen LogP contribution in [0.15, 0.2) is 24.3 Å². The fourth-order valence-corrected chi connectivity index (χ4v) is 2.45. The first kappa shape index (κ1) is 17.1. The SMILES string of the molecule is COc1ccc(N2C[C@H](NC(=O)NCCN(C)C)CC2=O)cc1. The van der Waals surface area contributed by atoms with Crippen LogP contribution < -0.4 is 20.3 Å². The number of rotatable bonds is 6. The van der Waals surface area contributed by atoms with E-state index in [1.54, 1.807) is 12.0 Å². The molecule has 0 aromatic heterocycles. The number of urea groups is 1. The van der Waals surface area contributed by atoms with E-state index >= 15 is 0 Å². The maximum Gasteiger partial charge on any atom is 0.315 e. The van der Waals surface area contributed by atoms with Crippen molar-refractivity contribution in [3.05, 3.63) is 24.3 Å². The molecule has 0 saturated carbocycles. The molecule has 0 bridgehead atoms. The topological polar surface area (TPSA) is 73.9 Å². The predicted molar refractivity (Wildman–Crippen MR) is 88.8 cm³/mol. The quantitative estimate of drug-likeness (QED) is 0.808. The van der Waals surface area contributed by atoms with E-state index in [2.05, 4.69) is 10.6 Å². The van der Waals surface area contributed by atoms with Gasteiger partial charge in [0.15, 0.2) is 0 Å². The van der Waals surface area contributed by atoms with E-state index in [0.29, 0.717) is 19.5 Å². The van der Waals surface area contributed by atoms with Gasteiger partial charge in [0.05, 0.1) is 13.2 Å². The molecule has 7 heteroatoms. The highest BCUT2D eigenvalue weighted by molar-refractivity contribution is 5.96. The van der Waals surface area contributed by atoms with Gasteiger partial charge in [-0.05, 0) is 38.4 Å². The smallest absolute Gasteiger partial charge is 0.315 e. The van der Waals surface area contributed by atoms with Crippen LogP contribution in [0.4, 0.5) is 10.5 Å². The minimum absolute atomic E-state index is 0.00811. The Morgan fingerprint density at radius 1 is 1.35 bits per heavy atom. The second-order valence-corrected chi connectivity index (χ2v) is 5.81. The summed E-state index contributed by atoms with van der Waals surface area (Å²) in [4.78, 5) is 27.6. The lowest BCUT2D eigenvalue weighted by atomic mass is 10.2. The number of nitrogens with one attached hydrogen (secondary N) is 2. The second kappa shape index (κ2) is 7.82. The number of likely N-dealkylation sites (N-methyl/N-ethyl adjacent to an activating group) is 1. The van der Waals surface area contributed by atoms with E-state index in [9.17, 15) is 9.59 Å². The number of hydrogen-bond donors (Lipinski definition) is 2. The van der Waals surface area contributed by atoms with Gasteiger partial charge in [0, 0.05) is 31.7 Å². The summed E-state index contributed by atoms with van der Waals surface area (Å²) in [6, 6.07) is 6.91. The number of nitrogens with zero attached hydrogens (tertiary/aromatic N) is 2. The zero-order chi connectivity index (χ0) is 16.8. The Labute approximate surface area is 136 Å². The Bertz CT molecular complexity index is 545. The van der Waals surface area contributed by atoms with Crippen LogP contribution in [-0.2, 0) is 4.79 Å². The highest BCUT2D eigenvalue weighted by Crippen LogP contribution is 2.24. The van der Waals surface area contributed by atoms with Crippen LogP contribution in [0.3, 0.4) is 0 Å². The molecule has 3 amide bonds. The Morgan fingerprint density at radius 3 is 2.65 bits per heavy atom. The molecule has 7 nitrogen and oxygen atoms in total. The number of hydrogen-bond acceptors (Lipinski definition) is 4. The van der Waals surface area contributed by atoms with E-state index in [1.165, 1.54) is 0 Å². The first-order valence-corrected chi connectivity index (χ1v) is 7.63. The molecule has 1 heterocycles. The molecule has 1 atom stereocenters. The standard InChI is InChI=1S/C16H24N4O3/c1-19(2)9-8-17-16(22)18-12-10-15(21)20(11-12)13-4-6-14(23-3)7-5-13/h4-7,12H,8-11H2,1-3H3,(H2,17,18,22)/t12-/m1/s1. The van der Waals surface area contributed by atoms with Crippen molar-refractivity contribution in [3.63, 3.8) is 0 Å². The van der Waals surface area contributed by atoms with Gasteiger partial charge in [0.2, 0.25) is 5.91 Å². The predicted octanol–water partition coefficient (Wildman–Crippen LogP) is 0.661. The number of anilines is 1. The van der Waals surface area contributed by atoms with Crippen molar-refractivity contribution < 1.29 is 14.3 Å². The molecule has 1 aromatic carbocycles. The Kier molecular flexibility index (Phi) is 5.81. The van der Waals surface area contributed by atoms with Gasteiger partial charge in [-0.15, -0.1) is 0 Å². The summed E-state index contributed by atoms with van der Waals surface area (Å²) in [6.07, 6.45) is 0.313. The van der Waals surface area contributed by atoms with Crippen LogP contribution in [0.25, 0.3) is 0 Å². The van der Waals surface area contributed by atoms with Gasteiger partial charge >= 0.3 is 6.03 Å². The molecule has 0 radical (unpaired) electrons. The average Bonchev–Trinajstić information content (AvgIpc) is 2.87. The molecule has 1 fully saturated rings. The first-order valence-electron chi connectivity index (χ1n) is 7.63. The van der Waals surface area contributed by atoms with Crippen LogP contribution in [0.2, 0.25) is 0 Å². The van der Waals surface area contributed by atoms with Crippen molar-refractivity contribution in [1.29, 1.82) is 0 Å². The number of methoxy groups -OCH3 is 1. The summed E-state index contributed by atoms with van der Waals surface area (Å²) < 4.78 is 5.11. The van der Waals surface area contributed by atoms with Gasteiger partial charge in [-0.25, -0.2) is 4.79 Å².